The van der Waals surface area contributed by atoms with Crippen LogP contribution in [0.5, 0.6) is 0 Å². The maximum atomic E-state index is 11.1. The summed E-state index contributed by atoms with van der Waals surface area (Å²) in [6.07, 6.45) is -0.365. The Labute approximate surface area is 102 Å². The van der Waals surface area contributed by atoms with Crippen molar-refractivity contribution in [1.82, 2.24) is 0 Å². The molecule has 17 heavy (non-hydrogen) atoms. The van der Waals surface area contributed by atoms with Crippen LogP contribution in [0.3, 0.4) is 0 Å². The second-order valence-corrected chi connectivity index (χ2v) is 3.45. The summed E-state index contributed by atoms with van der Waals surface area (Å²) in [5, 5.41) is 19.6. The average Bonchev–Trinajstić information content (AvgIpc) is 2.28. The predicted molar refractivity (Wildman–Crippen MR) is 58.5 cm³/mol. The Hall–Kier alpha value is -2.13. The first-order valence-corrected chi connectivity index (χ1v) is 4.81. The Morgan fingerprint density at radius 2 is 2.29 bits per heavy atom. The lowest BCUT2D eigenvalue weighted by atomic mass is 10.0. The standard InChI is InChI=1S/C10H7ClN2O4/c1-17-9(14)4-7-6(5-12)2-3-8(11)10(7)13(15)16/h2-3H,4H2,1H3. The van der Waals surface area contributed by atoms with E-state index in [4.69, 9.17) is 16.9 Å². The number of nitriles is 1. The number of methoxy groups -OCH3 is 1. The van der Waals surface area contributed by atoms with Gasteiger partial charge in [-0.25, -0.2) is 0 Å². The molecule has 0 amide bonds. The average molecular weight is 255 g/mol. The summed E-state index contributed by atoms with van der Waals surface area (Å²) in [6.45, 7) is 0. The monoisotopic (exact) mass is 254 g/mol. The minimum atomic E-state index is -0.721. The van der Waals surface area contributed by atoms with Crippen LogP contribution in [0.15, 0.2) is 12.1 Å². The number of nitro groups is 1. The summed E-state index contributed by atoms with van der Waals surface area (Å²) in [6, 6.07) is 4.35. The van der Waals surface area contributed by atoms with Gasteiger partial charge in [0.25, 0.3) is 5.69 Å². The number of nitrogens with zero attached hydrogens (tertiary/aromatic N) is 2. The summed E-state index contributed by atoms with van der Waals surface area (Å²) in [5.41, 5.74) is -0.431. The van der Waals surface area contributed by atoms with E-state index in [0.29, 0.717) is 0 Å². The van der Waals surface area contributed by atoms with E-state index in [1.165, 1.54) is 12.1 Å². The molecule has 6 nitrogen and oxygen atoms in total. The Bertz CT molecular complexity index is 522. The second-order valence-electron chi connectivity index (χ2n) is 3.04. The Balaban J connectivity index is 3.41. The van der Waals surface area contributed by atoms with Gasteiger partial charge >= 0.3 is 5.97 Å². The van der Waals surface area contributed by atoms with Gasteiger partial charge in [0.05, 0.1) is 35.7 Å². The summed E-state index contributed by atoms with van der Waals surface area (Å²) < 4.78 is 4.41. The molecular formula is C10H7ClN2O4. The fourth-order valence-corrected chi connectivity index (χ4v) is 1.55. The maximum Gasteiger partial charge on any atom is 0.310 e. The lowest BCUT2D eigenvalue weighted by Crippen LogP contribution is -2.09. The molecule has 0 fully saturated rings. The third-order valence-corrected chi connectivity index (χ3v) is 2.39. The van der Waals surface area contributed by atoms with Crippen LogP contribution in [0.1, 0.15) is 11.1 Å². The van der Waals surface area contributed by atoms with Gasteiger partial charge in [-0.05, 0) is 12.1 Å². The fourth-order valence-electron chi connectivity index (χ4n) is 1.31. The van der Waals surface area contributed by atoms with Gasteiger partial charge in [-0.15, -0.1) is 0 Å². The third kappa shape index (κ3) is 2.71. The van der Waals surface area contributed by atoms with Gasteiger partial charge < -0.3 is 4.74 Å². The molecule has 0 saturated carbocycles. The highest BCUT2D eigenvalue weighted by atomic mass is 35.5. The zero-order valence-electron chi connectivity index (χ0n) is 8.77. The van der Waals surface area contributed by atoms with Crippen LogP contribution < -0.4 is 0 Å². The van der Waals surface area contributed by atoms with Crippen molar-refractivity contribution in [2.45, 2.75) is 6.42 Å². The molecule has 0 bridgehead atoms. The Morgan fingerprint density at radius 3 is 2.76 bits per heavy atom. The lowest BCUT2D eigenvalue weighted by molar-refractivity contribution is -0.385. The molecule has 0 atom stereocenters. The minimum Gasteiger partial charge on any atom is -0.469 e. The van der Waals surface area contributed by atoms with Crippen LogP contribution in [0, 0.1) is 21.4 Å². The van der Waals surface area contributed by atoms with Gasteiger partial charge in [-0.2, -0.15) is 5.26 Å². The molecule has 1 aromatic carbocycles. The number of rotatable bonds is 3. The summed E-state index contributed by atoms with van der Waals surface area (Å²) >= 11 is 5.68. The van der Waals surface area contributed by atoms with Gasteiger partial charge in [-0.3, -0.25) is 14.9 Å². The zero-order valence-corrected chi connectivity index (χ0v) is 9.52. The van der Waals surface area contributed by atoms with E-state index < -0.39 is 16.6 Å². The van der Waals surface area contributed by atoms with Crippen molar-refractivity contribution in [3.8, 4) is 6.07 Å². The van der Waals surface area contributed by atoms with E-state index in [1.807, 2.05) is 0 Å². The number of hydrogen-bond donors (Lipinski definition) is 0. The zero-order chi connectivity index (χ0) is 13.0. The van der Waals surface area contributed by atoms with E-state index in [1.54, 1.807) is 6.07 Å². The number of benzene rings is 1. The van der Waals surface area contributed by atoms with Gasteiger partial charge in [0.2, 0.25) is 0 Å². The normalized spacial score (nSPS) is 9.47. The number of carbonyl (C=O) groups excluding carboxylic acids is 1. The molecule has 0 heterocycles. The predicted octanol–water partition coefficient (Wildman–Crippen LogP) is 1.84. The number of ether oxygens (including phenoxy) is 1. The van der Waals surface area contributed by atoms with Crippen molar-refractivity contribution in [1.29, 1.82) is 5.26 Å². The number of hydrogen-bond acceptors (Lipinski definition) is 5. The molecule has 0 aliphatic carbocycles. The Kier molecular flexibility index (Phi) is 4.01. The highest BCUT2D eigenvalue weighted by molar-refractivity contribution is 6.32. The molecule has 0 N–H and O–H groups in total. The van der Waals surface area contributed by atoms with Crippen LogP contribution >= 0.6 is 11.6 Å². The molecule has 0 unspecified atom stereocenters. The smallest absolute Gasteiger partial charge is 0.310 e. The van der Waals surface area contributed by atoms with Crippen molar-refractivity contribution < 1.29 is 14.5 Å². The van der Waals surface area contributed by atoms with E-state index in [0.717, 1.165) is 7.11 Å². The number of carbonyl (C=O) groups is 1. The van der Waals surface area contributed by atoms with Crippen LogP contribution in [0.25, 0.3) is 0 Å². The van der Waals surface area contributed by atoms with Crippen LogP contribution in [-0.4, -0.2) is 18.0 Å². The van der Waals surface area contributed by atoms with Crippen molar-refractivity contribution >= 4 is 23.3 Å². The first-order chi connectivity index (χ1) is 8.01. The van der Waals surface area contributed by atoms with E-state index >= 15 is 0 Å². The van der Waals surface area contributed by atoms with Crippen molar-refractivity contribution in [2.24, 2.45) is 0 Å². The molecule has 0 spiro atoms. The topological polar surface area (TPSA) is 93.2 Å². The summed E-state index contributed by atoms with van der Waals surface area (Å²) in [5.74, 6) is -0.674. The molecule has 7 heteroatoms. The van der Waals surface area contributed by atoms with Crippen LogP contribution in [-0.2, 0) is 16.0 Å². The minimum absolute atomic E-state index is 0.0307. The van der Waals surface area contributed by atoms with Gasteiger partial charge in [0.15, 0.2) is 0 Å². The van der Waals surface area contributed by atoms with Crippen LogP contribution in [0.2, 0.25) is 5.02 Å². The molecule has 0 saturated heterocycles. The summed E-state index contributed by atoms with van der Waals surface area (Å²) in [4.78, 5) is 21.3. The van der Waals surface area contributed by atoms with Crippen molar-refractivity contribution in [2.75, 3.05) is 7.11 Å². The first kappa shape index (κ1) is 12.9. The highest BCUT2D eigenvalue weighted by Crippen LogP contribution is 2.31. The van der Waals surface area contributed by atoms with Gasteiger partial charge in [0, 0.05) is 0 Å². The van der Waals surface area contributed by atoms with Crippen molar-refractivity contribution in [3.05, 3.63) is 38.4 Å². The highest BCUT2D eigenvalue weighted by Gasteiger charge is 2.24. The molecular weight excluding hydrogens is 248 g/mol. The SMILES string of the molecule is COC(=O)Cc1c(C#N)ccc(Cl)c1[N+](=O)[O-]. The quantitative estimate of drug-likeness (QED) is 0.466. The van der Waals surface area contributed by atoms with Gasteiger partial charge in [-0.1, -0.05) is 11.6 Å². The lowest BCUT2D eigenvalue weighted by Gasteiger charge is -2.05. The number of halogens is 1. The van der Waals surface area contributed by atoms with Gasteiger partial charge in [0.1, 0.15) is 5.02 Å². The summed E-state index contributed by atoms with van der Waals surface area (Å²) in [7, 11) is 1.16. The van der Waals surface area contributed by atoms with Crippen molar-refractivity contribution in [3.63, 3.8) is 0 Å². The number of esters is 1. The molecule has 1 rings (SSSR count). The molecule has 0 aromatic heterocycles. The first-order valence-electron chi connectivity index (χ1n) is 4.44. The third-order valence-electron chi connectivity index (χ3n) is 2.09. The largest absolute Gasteiger partial charge is 0.469 e. The molecule has 1 aromatic rings. The van der Waals surface area contributed by atoms with E-state index in [-0.39, 0.29) is 22.6 Å². The number of nitro benzene ring substituents is 1. The molecule has 0 aliphatic heterocycles. The molecule has 88 valence electrons. The molecule has 0 radical (unpaired) electrons. The fraction of sp³-hybridized carbons (Fsp3) is 0.200. The maximum absolute atomic E-state index is 11.1. The Morgan fingerprint density at radius 1 is 1.65 bits per heavy atom. The second kappa shape index (κ2) is 5.27. The van der Waals surface area contributed by atoms with Crippen LogP contribution in [0.4, 0.5) is 5.69 Å². The molecule has 0 aliphatic rings. The van der Waals surface area contributed by atoms with E-state index in [9.17, 15) is 14.9 Å². The van der Waals surface area contributed by atoms with E-state index in [2.05, 4.69) is 4.74 Å².